The lowest BCUT2D eigenvalue weighted by Gasteiger charge is -2.20. The second-order valence-corrected chi connectivity index (χ2v) is 4.54. The Morgan fingerprint density at radius 2 is 2.12 bits per heavy atom. The Labute approximate surface area is 102 Å². The fourth-order valence-corrected chi connectivity index (χ4v) is 1.15. The average Bonchev–Trinajstić information content (AvgIpc) is 2.18. The van der Waals surface area contributed by atoms with Crippen LogP contribution >= 0.6 is 0 Å². The van der Waals surface area contributed by atoms with Crippen molar-refractivity contribution >= 4 is 25.1 Å². The van der Waals surface area contributed by atoms with Crippen LogP contribution in [0.25, 0.3) is 0 Å². The lowest BCUT2D eigenvalue weighted by molar-refractivity contribution is 0.0636. The summed E-state index contributed by atoms with van der Waals surface area (Å²) in [6, 6.07) is 6.61. The molecule has 0 heterocycles. The Morgan fingerprint density at radius 1 is 1.47 bits per heavy atom. The molecular formula is C12H13BN2O2. The SMILES string of the molecule is [B]c1ccc(C#N)cc1NC(=O)OC(C)(C)C. The summed E-state index contributed by atoms with van der Waals surface area (Å²) in [6.45, 7) is 5.30. The standard InChI is InChI=1S/C12H13BN2O2/c1-12(2,3)17-11(16)15-10-6-8(7-14)4-5-9(10)13/h4-6H,1-3H3,(H,15,16). The first-order valence-electron chi connectivity index (χ1n) is 5.11. The number of hydrogen-bond donors (Lipinski definition) is 1. The van der Waals surface area contributed by atoms with Gasteiger partial charge in [0.05, 0.1) is 11.6 Å². The van der Waals surface area contributed by atoms with Crippen LogP contribution in [0.15, 0.2) is 18.2 Å². The maximum absolute atomic E-state index is 11.5. The van der Waals surface area contributed by atoms with E-state index < -0.39 is 11.7 Å². The Hall–Kier alpha value is -1.96. The molecule has 0 spiro atoms. The molecule has 0 saturated carbocycles. The summed E-state index contributed by atoms with van der Waals surface area (Å²) in [7, 11) is 5.68. The highest BCUT2D eigenvalue weighted by Gasteiger charge is 2.16. The summed E-state index contributed by atoms with van der Waals surface area (Å²) in [5.41, 5.74) is 0.601. The van der Waals surface area contributed by atoms with Gasteiger partial charge in [0.2, 0.25) is 0 Å². The summed E-state index contributed by atoms with van der Waals surface area (Å²) in [5, 5.41) is 11.2. The van der Waals surface area contributed by atoms with E-state index >= 15 is 0 Å². The van der Waals surface area contributed by atoms with Crippen LogP contribution in [0.5, 0.6) is 0 Å². The van der Waals surface area contributed by atoms with Crippen molar-refractivity contribution in [3.05, 3.63) is 23.8 Å². The van der Waals surface area contributed by atoms with E-state index in [9.17, 15) is 4.79 Å². The van der Waals surface area contributed by atoms with E-state index in [-0.39, 0.29) is 0 Å². The predicted octanol–water partition coefficient (Wildman–Crippen LogP) is 1.70. The van der Waals surface area contributed by atoms with E-state index in [1.165, 1.54) is 6.07 Å². The quantitative estimate of drug-likeness (QED) is 0.744. The van der Waals surface area contributed by atoms with Crippen molar-refractivity contribution in [3.63, 3.8) is 0 Å². The molecule has 1 aromatic rings. The molecule has 0 saturated heterocycles. The van der Waals surface area contributed by atoms with Gasteiger partial charge >= 0.3 is 6.09 Å². The third kappa shape index (κ3) is 4.19. The Balaban J connectivity index is 2.82. The first-order valence-corrected chi connectivity index (χ1v) is 5.11. The van der Waals surface area contributed by atoms with Gasteiger partial charge in [-0.25, -0.2) is 4.79 Å². The molecule has 0 aliphatic heterocycles. The number of carbonyl (C=O) groups is 1. The van der Waals surface area contributed by atoms with Gasteiger partial charge < -0.3 is 4.74 Å². The average molecular weight is 228 g/mol. The van der Waals surface area contributed by atoms with Gasteiger partial charge in [0.15, 0.2) is 0 Å². The Bertz CT molecular complexity index is 472. The number of hydrogen-bond acceptors (Lipinski definition) is 3. The molecular weight excluding hydrogens is 215 g/mol. The van der Waals surface area contributed by atoms with E-state index in [0.29, 0.717) is 16.7 Å². The highest BCUT2D eigenvalue weighted by Crippen LogP contribution is 2.11. The number of nitriles is 1. The third-order valence-electron chi connectivity index (χ3n) is 1.82. The molecule has 0 atom stereocenters. The van der Waals surface area contributed by atoms with Crippen molar-refractivity contribution in [2.24, 2.45) is 0 Å². The molecule has 1 aromatic carbocycles. The van der Waals surface area contributed by atoms with Gasteiger partial charge in [-0.3, -0.25) is 5.32 Å². The molecule has 17 heavy (non-hydrogen) atoms. The molecule has 1 rings (SSSR count). The first kappa shape index (κ1) is 13.1. The lowest BCUT2D eigenvalue weighted by atomic mass is 9.93. The molecule has 2 radical (unpaired) electrons. The van der Waals surface area contributed by atoms with Gasteiger partial charge in [-0.2, -0.15) is 5.26 Å². The van der Waals surface area contributed by atoms with Gasteiger partial charge in [-0.15, -0.1) is 0 Å². The number of benzene rings is 1. The summed E-state index contributed by atoms with van der Waals surface area (Å²) in [6.07, 6.45) is -0.598. The minimum atomic E-state index is -0.598. The topological polar surface area (TPSA) is 62.1 Å². The van der Waals surface area contributed by atoms with Crippen LogP contribution in [0.2, 0.25) is 0 Å². The molecule has 1 amide bonds. The second kappa shape index (κ2) is 4.92. The number of rotatable bonds is 1. The van der Waals surface area contributed by atoms with Crippen LogP contribution in [0, 0.1) is 11.3 Å². The molecule has 0 fully saturated rings. The lowest BCUT2D eigenvalue weighted by Crippen LogP contribution is -2.28. The Morgan fingerprint density at radius 3 is 2.65 bits per heavy atom. The minimum absolute atomic E-state index is 0.373. The van der Waals surface area contributed by atoms with Crippen LogP contribution in [0.4, 0.5) is 10.5 Å². The predicted molar refractivity (Wildman–Crippen MR) is 66.4 cm³/mol. The van der Waals surface area contributed by atoms with E-state index in [1.807, 2.05) is 6.07 Å². The Kier molecular flexibility index (Phi) is 3.79. The number of carbonyl (C=O) groups excluding carboxylic acids is 1. The van der Waals surface area contributed by atoms with Gasteiger partial charge in [0.1, 0.15) is 13.4 Å². The van der Waals surface area contributed by atoms with Gasteiger partial charge in [-0.1, -0.05) is 11.5 Å². The van der Waals surface area contributed by atoms with Crippen molar-refractivity contribution in [1.29, 1.82) is 5.26 Å². The van der Waals surface area contributed by atoms with E-state index in [0.717, 1.165) is 0 Å². The molecule has 0 aliphatic rings. The second-order valence-electron chi connectivity index (χ2n) is 4.54. The third-order valence-corrected chi connectivity index (χ3v) is 1.82. The molecule has 0 bridgehead atoms. The summed E-state index contributed by atoms with van der Waals surface area (Å²) in [4.78, 5) is 11.5. The fourth-order valence-electron chi connectivity index (χ4n) is 1.15. The molecule has 1 N–H and O–H groups in total. The highest BCUT2D eigenvalue weighted by molar-refractivity contribution is 6.36. The minimum Gasteiger partial charge on any atom is -0.444 e. The molecule has 86 valence electrons. The van der Waals surface area contributed by atoms with Crippen LogP contribution in [-0.4, -0.2) is 19.5 Å². The number of amides is 1. The highest BCUT2D eigenvalue weighted by atomic mass is 16.6. The van der Waals surface area contributed by atoms with Crippen molar-refractivity contribution in [3.8, 4) is 6.07 Å². The maximum atomic E-state index is 11.5. The van der Waals surface area contributed by atoms with Crippen molar-refractivity contribution in [1.82, 2.24) is 0 Å². The monoisotopic (exact) mass is 228 g/mol. The summed E-state index contributed by atoms with van der Waals surface area (Å²) in [5.74, 6) is 0. The molecule has 0 aliphatic carbocycles. The summed E-state index contributed by atoms with van der Waals surface area (Å²) < 4.78 is 5.08. The van der Waals surface area contributed by atoms with Gasteiger partial charge in [0, 0.05) is 5.69 Å². The van der Waals surface area contributed by atoms with Crippen molar-refractivity contribution in [2.75, 3.05) is 5.32 Å². The normalized spacial score (nSPS) is 10.5. The maximum Gasteiger partial charge on any atom is 0.412 e. The number of anilines is 1. The zero-order valence-electron chi connectivity index (χ0n) is 10.1. The van der Waals surface area contributed by atoms with Gasteiger partial charge in [-0.05, 0) is 32.9 Å². The number of nitrogens with zero attached hydrogens (tertiary/aromatic N) is 1. The van der Waals surface area contributed by atoms with Crippen molar-refractivity contribution < 1.29 is 9.53 Å². The van der Waals surface area contributed by atoms with Gasteiger partial charge in [0.25, 0.3) is 0 Å². The van der Waals surface area contributed by atoms with E-state index in [1.54, 1.807) is 32.9 Å². The van der Waals surface area contributed by atoms with E-state index in [2.05, 4.69) is 5.32 Å². The molecule has 4 nitrogen and oxygen atoms in total. The zero-order chi connectivity index (χ0) is 13.1. The number of nitrogens with one attached hydrogen (secondary N) is 1. The largest absolute Gasteiger partial charge is 0.444 e. The molecule has 0 aromatic heterocycles. The van der Waals surface area contributed by atoms with Crippen LogP contribution in [0.3, 0.4) is 0 Å². The van der Waals surface area contributed by atoms with Crippen molar-refractivity contribution in [2.45, 2.75) is 26.4 Å². The van der Waals surface area contributed by atoms with Crippen LogP contribution in [0.1, 0.15) is 26.3 Å². The molecule has 0 unspecified atom stereocenters. The zero-order valence-corrected chi connectivity index (χ0v) is 10.1. The number of ether oxygens (including phenoxy) is 1. The fraction of sp³-hybridized carbons (Fsp3) is 0.333. The van der Waals surface area contributed by atoms with E-state index in [4.69, 9.17) is 17.8 Å². The smallest absolute Gasteiger partial charge is 0.412 e. The first-order chi connectivity index (χ1) is 7.81. The molecule has 5 heteroatoms. The summed E-state index contributed by atoms with van der Waals surface area (Å²) >= 11 is 0. The van der Waals surface area contributed by atoms with Crippen LogP contribution in [-0.2, 0) is 4.74 Å². The van der Waals surface area contributed by atoms with Crippen LogP contribution < -0.4 is 10.8 Å².